The van der Waals surface area contributed by atoms with Gasteiger partial charge >= 0.3 is 0 Å². The Labute approximate surface area is 329 Å². The van der Waals surface area contributed by atoms with Crippen LogP contribution in [0.3, 0.4) is 0 Å². The van der Waals surface area contributed by atoms with Crippen LogP contribution in [0.1, 0.15) is 5.56 Å². The van der Waals surface area contributed by atoms with Crippen molar-refractivity contribution in [3.8, 4) is 84.7 Å². The van der Waals surface area contributed by atoms with Crippen LogP contribution in [0, 0.1) is 11.3 Å². The van der Waals surface area contributed by atoms with Crippen LogP contribution >= 0.6 is 0 Å². The Morgan fingerprint density at radius 1 is 0.351 bits per heavy atom. The highest BCUT2D eigenvalue weighted by atomic mass is 16.3. The van der Waals surface area contributed by atoms with Gasteiger partial charge in [0.25, 0.3) is 0 Å². The van der Waals surface area contributed by atoms with Crippen molar-refractivity contribution < 1.29 is 4.42 Å². The largest absolute Gasteiger partial charge is 0.456 e. The van der Waals surface area contributed by atoms with Crippen molar-refractivity contribution in [1.29, 1.82) is 5.26 Å². The van der Waals surface area contributed by atoms with E-state index in [1.54, 1.807) is 0 Å². The maximum Gasteiger partial charge on any atom is 0.164 e. The summed E-state index contributed by atoms with van der Waals surface area (Å²) in [6, 6.07) is 68.3. The minimum absolute atomic E-state index is 0.554. The summed E-state index contributed by atoms with van der Waals surface area (Å²) in [5, 5.41) is 11.5. The predicted octanol–water partition coefficient (Wildman–Crippen LogP) is 13.3. The first-order valence-electron chi connectivity index (χ1n) is 18.8. The fourth-order valence-corrected chi connectivity index (χ4v) is 7.49. The number of hydrogen-bond donors (Lipinski definition) is 0. The fourth-order valence-electron chi connectivity index (χ4n) is 7.49. The van der Waals surface area contributed by atoms with Gasteiger partial charge in [0.1, 0.15) is 11.2 Å². The molecule has 0 saturated carbocycles. The number of benzene rings is 8. The number of nitrogens with zero attached hydrogens (tertiary/aromatic N) is 4. The number of hydrogen-bond acceptors (Lipinski definition) is 5. The maximum atomic E-state index is 9.40. The van der Waals surface area contributed by atoms with Crippen LogP contribution < -0.4 is 0 Å². The van der Waals surface area contributed by atoms with Crippen LogP contribution in [0.15, 0.2) is 199 Å². The Morgan fingerprint density at radius 2 is 0.825 bits per heavy atom. The highest BCUT2D eigenvalue weighted by Gasteiger charge is 2.17. The monoisotopic (exact) mass is 728 g/mol. The molecule has 0 bridgehead atoms. The van der Waals surface area contributed by atoms with Gasteiger partial charge < -0.3 is 4.42 Å². The van der Waals surface area contributed by atoms with Crippen LogP contribution in [-0.4, -0.2) is 15.0 Å². The molecule has 2 heterocycles. The van der Waals surface area contributed by atoms with E-state index in [0.717, 1.165) is 66.4 Å². The van der Waals surface area contributed by atoms with Gasteiger partial charge in [-0.2, -0.15) is 5.26 Å². The van der Waals surface area contributed by atoms with Gasteiger partial charge in [-0.3, -0.25) is 0 Å². The summed E-state index contributed by atoms with van der Waals surface area (Å²) in [7, 11) is 0. The number of aromatic nitrogens is 3. The van der Waals surface area contributed by atoms with Crippen molar-refractivity contribution >= 4 is 21.9 Å². The Morgan fingerprint density at radius 3 is 1.49 bits per heavy atom. The number of fused-ring (bicyclic) bond motifs is 3. The van der Waals surface area contributed by atoms with Crippen LogP contribution in [0.25, 0.3) is 101 Å². The molecule has 0 amide bonds. The minimum atomic E-state index is 0.554. The first-order valence-corrected chi connectivity index (χ1v) is 18.8. The standard InChI is InChI=1S/C52H32N4O/c53-33-34-10-7-15-41(30-34)37-24-26-40(27-25-37)51-54-50(39-13-5-2-6-14-39)55-52(56-51)44-28-29-46-48(32-44)57-47-19-9-18-45(49(46)47)43-17-8-16-42(31-43)38-22-20-36(21-23-38)35-11-3-1-4-12-35/h1-32H. The topological polar surface area (TPSA) is 75.6 Å². The van der Waals surface area contributed by atoms with E-state index in [2.05, 4.69) is 103 Å². The lowest BCUT2D eigenvalue weighted by atomic mass is 9.95. The van der Waals surface area contributed by atoms with Gasteiger partial charge in [-0.05, 0) is 80.9 Å². The van der Waals surface area contributed by atoms with Crippen LogP contribution in [0.5, 0.6) is 0 Å². The molecule has 0 saturated heterocycles. The normalized spacial score (nSPS) is 11.1. The van der Waals surface area contributed by atoms with Crippen molar-refractivity contribution in [2.24, 2.45) is 0 Å². The van der Waals surface area contributed by atoms with Crippen LogP contribution in [-0.2, 0) is 0 Å². The lowest BCUT2D eigenvalue weighted by molar-refractivity contribution is 0.669. The lowest BCUT2D eigenvalue weighted by Gasteiger charge is -2.10. The average Bonchev–Trinajstić information content (AvgIpc) is 3.68. The average molecular weight is 729 g/mol. The van der Waals surface area contributed by atoms with E-state index in [0.29, 0.717) is 23.0 Å². The summed E-state index contributed by atoms with van der Waals surface area (Å²) >= 11 is 0. The predicted molar refractivity (Wildman–Crippen MR) is 230 cm³/mol. The zero-order valence-electron chi connectivity index (χ0n) is 30.7. The summed E-state index contributed by atoms with van der Waals surface area (Å²) in [5.41, 5.74) is 13.7. The highest BCUT2D eigenvalue weighted by molar-refractivity contribution is 6.13. The van der Waals surface area contributed by atoms with Crippen molar-refractivity contribution in [3.63, 3.8) is 0 Å². The van der Waals surface area contributed by atoms with Gasteiger partial charge in [0, 0.05) is 27.5 Å². The molecule has 57 heavy (non-hydrogen) atoms. The fraction of sp³-hybridized carbons (Fsp3) is 0. The number of furan rings is 1. The van der Waals surface area contributed by atoms with Crippen molar-refractivity contribution in [1.82, 2.24) is 15.0 Å². The van der Waals surface area contributed by atoms with Crippen LogP contribution in [0.4, 0.5) is 0 Å². The lowest BCUT2D eigenvalue weighted by Crippen LogP contribution is -2.00. The van der Waals surface area contributed by atoms with E-state index in [9.17, 15) is 5.26 Å². The van der Waals surface area contributed by atoms with Crippen molar-refractivity contribution in [2.75, 3.05) is 0 Å². The molecular formula is C52H32N4O. The van der Waals surface area contributed by atoms with Crippen molar-refractivity contribution in [3.05, 3.63) is 200 Å². The molecule has 0 N–H and O–H groups in total. The van der Waals surface area contributed by atoms with Gasteiger partial charge in [-0.15, -0.1) is 0 Å². The second-order valence-corrected chi connectivity index (χ2v) is 14.0. The Balaban J connectivity index is 1.02. The second kappa shape index (κ2) is 14.4. The highest BCUT2D eigenvalue weighted by Crippen LogP contribution is 2.39. The summed E-state index contributed by atoms with van der Waals surface area (Å²) < 4.78 is 6.56. The van der Waals surface area contributed by atoms with E-state index in [1.165, 1.54) is 16.7 Å². The summed E-state index contributed by atoms with van der Waals surface area (Å²) in [4.78, 5) is 14.9. The molecular weight excluding hydrogens is 697 g/mol. The molecule has 0 fully saturated rings. The van der Waals surface area contributed by atoms with E-state index in [1.807, 2.05) is 97.1 Å². The molecule has 0 aliphatic heterocycles. The first-order chi connectivity index (χ1) is 28.2. The molecule has 266 valence electrons. The van der Waals surface area contributed by atoms with Crippen molar-refractivity contribution in [2.45, 2.75) is 0 Å². The van der Waals surface area contributed by atoms with E-state index >= 15 is 0 Å². The van der Waals surface area contributed by atoms with E-state index < -0.39 is 0 Å². The first kappa shape index (κ1) is 33.6. The van der Waals surface area contributed by atoms with E-state index in [4.69, 9.17) is 19.4 Å². The summed E-state index contributed by atoms with van der Waals surface area (Å²) in [5.74, 6) is 1.71. The summed E-state index contributed by atoms with van der Waals surface area (Å²) in [6.07, 6.45) is 0. The third-order valence-electron chi connectivity index (χ3n) is 10.4. The molecule has 10 rings (SSSR count). The molecule has 0 spiro atoms. The molecule has 8 aromatic carbocycles. The third kappa shape index (κ3) is 6.52. The molecule has 5 nitrogen and oxygen atoms in total. The van der Waals surface area contributed by atoms with Gasteiger partial charge in [0.05, 0.1) is 11.6 Å². The van der Waals surface area contributed by atoms with Gasteiger partial charge in [-0.1, -0.05) is 158 Å². The van der Waals surface area contributed by atoms with E-state index in [-0.39, 0.29) is 0 Å². The Hall–Kier alpha value is -7.94. The maximum absolute atomic E-state index is 9.40. The minimum Gasteiger partial charge on any atom is -0.456 e. The smallest absolute Gasteiger partial charge is 0.164 e. The third-order valence-corrected chi connectivity index (χ3v) is 10.4. The Bertz CT molecular complexity index is 3110. The number of nitriles is 1. The molecule has 0 aliphatic carbocycles. The van der Waals surface area contributed by atoms with Gasteiger partial charge in [0.2, 0.25) is 0 Å². The Kier molecular flexibility index (Phi) is 8.48. The molecule has 0 atom stereocenters. The molecule has 0 aliphatic rings. The van der Waals surface area contributed by atoms with Gasteiger partial charge in [-0.25, -0.2) is 15.0 Å². The molecule has 0 radical (unpaired) electrons. The molecule has 10 aromatic rings. The second-order valence-electron chi connectivity index (χ2n) is 14.0. The quantitative estimate of drug-likeness (QED) is 0.163. The number of rotatable bonds is 7. The molecule has 0 unspecified atom stereocenters. The zero-order chi connectivity index (χ0) is 38.1. The SMILES string of the molecule is N#Cc1cccc(-c2ccc(-c3nc(-c4ccccc4)nc(-c4ccc5c(c4)oc4cccc(-c6cccc(-c7ccc(-c8ccccc8)cc7)c6)c45)n3)cc2)c1. The molecule has 2 aromatic heterocycles. The van der Waals surface area contributed by atoms with Gasteiger partial charge in [0.15, 0.2) is 17.5 Å². The molecule has 5 heteroatoms. The summed E-state index contributed by atoms with van der Waals surface area (Å²) in [6.45, 7) is 0. The van der Waals surface area contributed by atoms with Crippen LogP contribution in [0.2, 0.25) is 0 Å². The zero-order valence-corrected chi connectivity index (χ0v) is 30.7.